The Labute approximate surface area is 144 Å². The molecule has 2 heterocycles. The van der Waals surface area contributed by atoms with Gasteiger partial charge in [-0.25, -0.2) is 0 Å². The van der Waals surface area contributed by atoms with Gasteiger partial charge in [-0.3, -0.25) is 4.79 Å². The van der Waals surface area contributed by atoms with Crippen LogP contribution < -0.4 is 5.32 Å². The molecule has 3 rings (SSSR count). The lowest BCUT2D eigenvalue weighted by Gasteiger charge is -1.99. The average Bonchev–Trinajstić information content (AvgIpc) is 3.15. The molecule has 0 saturated carbocycles. The van der Waals surface area contributed by atoms with Crippen LogP contribution in [0.25, 0.3) is 0 Å². The van der Waals surface area contributed by atoms with E-state index in [-0.39, 0.29) is 5.78 Å². The molecule has 0 aliphatic carbocycles. The maximum Gasteiger partial charge on any atom is 0.210 e. The van der Waals surface area contributed by atoms with Gasteiger partial charge in [0.15, 0.2) is 10.1 Å². The first kappa shape index (κ1) is 15.5. The average molecular weight is 368 g/mol. The summed E-state index contributed by atoms with van der Waals surface area (Å²) in [6.45, 7) is 0. The molecule has 0 spiro atoms. The Morgan fingerprint density at radius 3 is 2.68 bits per heavy atom. The van der Waals surface area contributed by atoms with Gasteiger partial charge in [-0.15, -0.1) is 21.5 Å². The van der Waals surface area contributed by atoms with Crippen molar-refractivity contribution in [3.8, 4) is 0 Å². The van der Waals surface area contributed by atoms with Crippen LogP contribution in [0, 0.1) is 0 Å². The van der Waals surface area contributed by atoms with Gasteiger partial charge >= 0.3 is 0 Å². The molecule has 22 heavy (non-hydrogen) atoms. The third kappa shape index (κ3) is 4.07. The van der Waals surface area contributed by atoms with Gasteiger partial charge in [0.05, 0.1) is 15.0 Å². The van der Waals surface area contributed by atoms with Crippen LogP contribution in [0.15, 0.2) is 46.8 Å². The highest BCUT2D eigenvalue weighted by atomic mass is 35.5. The maximum atomic E-state index is 12.0. The van der Waals surface area contributed by atoms with E-state index >= 15 is 0 Å². The van der Waals surface area contributed by atoms with Crippen molar-refractivity contribution < 1.29 is 4.79 Å². The monoisotopic (exact) mass is 367 g/mol. The largest absolute Gasteiger partial charge is 0.330 e. The third-order valence-electron chi connectivity index (χ3n) is 2.61. The van der Waals surface area contributed by atoms with Crippen LogP contribution in [0.2, 0.25) is 4.34 Å². The number of para-hydroxylation sites is 1. The lowest BCUT2D eigenvalue weighted by atomic mass is 10.3. The van der Waals surface area contributed by atoms with E-state index in [1.54, 1.807) is 12.1 Å². The third-order valence-corrected chi connectivity index (χ3v) is 5.85. The summed E-state index contributed by atoms with van der Waals surface area (Å²) >= 11 is 9.94. The molecule has 0 amide bonds. The summed E-state index contributed by atoms with van der Waals surface area (Å²) in [6.07, 6.45) is 0. The fourth-order valence-electron chi connectivity index (χ4n) is 1.63. The number of carbonyl (C=O) groups is 1. The van der Waals surface area contributed by atoms with Crippen molar-refractivity contribution in [1.29, 1.82) is 0 Å². The number of ketones is 1. The molecular weight excluding hydrogens is 358 g/mol. The molecule has 0 aliphatic rings. The van der Waals surface area contributed by atoms with E-state index in [0.29, 0.717) is 20.1 Å². The highest BCUT2D eigenvalue weighted by molar-refractivity contribution is 8.01. The molecule has 4 nitrogen and oxygen atoms in total. The van der Waals surface area contributed by atoms with Crippen LogP contribution in [0.4, 0.5) is 10.8 Å². The number of anilines is 2. The number of benzene rings is 1. The van der Waals surface area contributed by atoms with Gasteiger partial charge < -0.3 is 5.32 Å². The zero-order valence-corrected chi connectivity index (χ0v) is 14.4. The minimum atomic E-state index is 0.0506. The summed E-state index contributed by atoms with van der Waals surface area (Å²) in [5, 5.41) is 12.0. The summed E-state index contributed by atoms with van der Waals surface area (Å²) in [6, 6.07) is 13.2. The SMILES string of the molecule is O=C(CSc1nnc(Nc2ccccc2)s1)c1ccc(Cl)s1. The van der Waals surface area contributed by atoms with Crippen molar-refractivity contribution in [3.63, 3.8) is 0 Å². The second kappa shape index (κ2) is 7.23. The summed E-state index contributed by atoms with van der Waals surface area (Å²) in [5.41, 5.74) is 0.958. The zero-order valence-electron chi connectivity index (χ0n) is 11.2. The Bertz CT molecular complexity index is 773. The maximum absolute atomic E-state index is 12.0. The number of hydrogen-bond donors (Lipinski definition) is 1. The highest BCUT2D eigenvalue weighted by Gasteiger charge is 2.12. The van der Waals surface area contributed by atoms with E-state index in [4.69, 9.17) is 11.6 Å². The summed E-state index contributed by atoms with van der Waals surface area (Å²) < 4.78 is 1.38. The van der Waals surface area contributed by atoms with Crippen LogP contribution >= 0.6 is 46.0 Å². The standard InChI is InChI=1S/C14H10ClN3OS3/c15-12-7-6-11(21-12)10(19)8-20-14-18-17-13(22-14)16-9-4-2-1-3-5-9/h1-7H,8H2,(H,16,17). The van der Waals surface area contributed by atoms with Gasteiger partial charge in [0, 0.05) is 5.69 Å². The minimum Gasteiger partial charge on any atom is -0.330 e. The predicted molar refractivity (Wildman–Crippen MR) is 94.0 cm³/mol. The number of thioether (sulfide) groups is 1. The summed E-state index contributed by atoms with van der Waals surface area (Å²) in [7, 11) is 0. The van der Waals surface area contributed by atoms with Crippen molar-refractivity contribution in [1.82, 2.24) is 10.2 Å². The molecule has 2 aromatic heterocycles. The zero-order chi connectivity index (χ0) is 15.4. The molecule has 1 N–H and O–H groups in total. The first-order chi connectivity index (χ1) is 10.7. The normalized spacial score (nSPS) is 10.6. The fourth-order valence-corrected chi connectivity index (χ4v) is 4.35. The summed E-state index contributed by atoms with van der Waals surface area (Å²) in [4.78, 5) is 12.7. The number of Topliss-reactive ketones (excluding diaryl/α,β-unsaturated/α-hetero) is 1. The highest BCUT2D eigenvalue weighted by Crippen LogP contribution is 2.29. The van der Waals surface area contributed by atoms with Crippen LogP contribution in [0.5, 0.6) is 0 Å². The van der Waals surface area contributed by atoms with E-state index < -0.39 is 0 Å². The van der Waals surface area contributed by atoms with E-state index in [1.807, 2.05) is 30.3 Å². The van der Waals surface area contributed by atoms with Gasteiger partial charge in [-0.1, -0.05) is 52.9 Å². The number of carbonyl (C=O) groups excluding carboxylic acids is 1. The lowest BCUT2D eigenvalue weighted by Crippen LogP contribution is -1.98. The van der Waals surface area contributed by atoms with Crippen molar-refractivity contribution in [2.24, 2.45) is 0 Å². The molecule has 0 aliphatic heterocycles. The Kier molecular flexibility index (Phi) is 5.09. The number of rotatable bonds is 6. The number of halogens is 1. The molecular formula is C14H10ClN3OS3. The molecule has 0 radical (unpaired) electrons. The van der Waals surface area contributed by atoms with Crippen LogP contribution in [-0.4, -0.2) is 21.7 Å². The molecule has 0 atom stereocenters. The molecule has 3 aromatic rings. The molecule has 1 aromatic carbocycles. The Balaban J connectivity index is 1.57. The van der Waals surface area contributed by atoms with E-state index in [1.165, 1.54) is 34.4 Å². The number of nitrogens with zero attached hydrogens (tertiary/aromatic N) is 2. The van der Waals surface area contributed by atoms with E-state index in [2.05, 4.69) is 15.5 Å². The van der Waals surface area contributed by atoms with Crippen molar-refractivity contribution >= 4 is 62.6 Å². The lowest BCUT2D eigenvalue weighted by molar-refractivity contribution is 0.102. The first-order valence-electron chi connectivity index (χ1n) is 6.27. The van der Waals surface area contributed by atoms with Gasteiger partial charge in [-0.05, 0) is 24.3 Å². The molecule has 8 heteroatoms. The van der Waals surface area contributed by atoms with Gasteiger partial charge in [0.25, 0.3) is 0 Å². The van der Waals surface area contributed by atoms with Crippen LogP contribution in [-0.2, 0) is 0 Å². The smallest absolute Gasteiger partial charge is 0.210 e. The molecule has 0 saturated heterocycles. The van der Waals surface area contributed by atoms with Crippen molar-refractivity contribution in [2.75, 3.05) is 11.1 Å². The molecule has 0 fully saturated rings. The van der Waals surface area contributed by atoms with Crippen LogP contribution in [0.1, 0.15) is 9.67 Å². The van der Waals surface area contributed by atoms with E-state index in [9.17, 15) is 4.79 Å². The topological polar surface area (TPSA) is 54.9 Å². The van der Waals surface area contributed by atoms with Crippen LogP contribution in [0.3, 0.4) is 0 Å². The number of hydrogen-bond acceptors (Lipinski definition) is 7. The molecule has 0 bridgehead atoms. The van der Waals surface area contributed by atoms with Gasteiger partial charge in [0.2, 0.25) is 5.13 Å². The Morgan fingerprint density at radius 1 is 1.14 bits per heavy atom. The fraction of sp³-hybridized carbons (Fsp3) is 0.0714. The molecule has 112 valence electrons. The van der Waals surface area contributed by atoms with Crippen molar-refractivity contribution in [3.05, 3.63) is 51.7 Å². The van der Waals surface area contributed by atoms with Crippen molar-refractivity contribution in [2.45, 2.75) is 4.34 Å². The predicted octanol–water partition coefficient (Wildman–Crippen LogP) is 4.97. The summed E-state index contributed by atoms with van der Waals surface area (Å²) in [5.74, 6) is 0.381. The Morgan fingerprint density at radius 2 is 1.95 bits per heavy atom. The molecule has 0 unspecified atom stereocenters. The first-order valence-corrected chi connectivity index (χ1v) is 9.27. The van der Waals surface area contributed by atoms with Gasteiger partial charge in [-0.2, -0.15) is 0 Å². The van der Waals surface area contributed by atoms with Gasteiger partial charge in [0.1, 0.15) is 0 Å². The minimum absolute atomic E-state index is 0.0506. The second-order valence-electron chi connectivity index (χ2n) is 4.18. The number of thiophene rings is 1. The second-order valence-corrected chi connectivity index (χ2v) is 8.09. The quantitative estimate of drug-likeness (QED) is 0.492. The van der Waals surface area contributed by atoms with E-state index in [0.717, 1.165) is 10.0 Å². The number of nitrogens with one attached hydrogen (secondary N) is 1. The Hall–Kier alpha value is -1.41. The number of aromatic nitrogens is 2.